The average molecular weight is 296 g/mol. The van der Waals surface area contributed by atoms with Crippen molar-refractivity contribution in [3.05, 3.63) is 23.8 Å². The highest BCUT2D eigenvalue weighted by atomic mass is 32.2. The predicted molar refractivity (Wildman–Crippen MR) is 82.0 cm³/mol. The Kier molecular flexibility index (Phi) is 4.39. The highest BCUT2D eigenvalue weighted by Crippen LogP contribution is 2.32. The Labute approximate surface area is 122 Å². The number of nitrogens with zero attached hydrogens (tertiary/aromatic N) is 1. The Balaban J connectivity index is 2.36. The van der Waals surface area contributed by atoms with Crippen molar-refractivity contribution >= 4 is 15.7 Å². The van der Waals surface area contributed by atoms with Crippen molar-refractivity contribution in [3.63, 3.8) is 0 Å². The Morgan fingerprint density at radius 1 is 1.25 bits per heavy atom. The molecule has 20 heavy (non-hydrogen) atoms. The van der Waals surface area contributed by atoms with Crippen LogP contribution in [-0.4, -0.2) is 25.8 Å². The molecule has 0 heterocycles. The summed E-state index contributed by atoms with van der Waals surface area (Å²) >= 11 is 0. The number of anilines is 1. The van der Waals surface area contributed by atoms with Crippen LogP contribution in [0, 0.1) is 12.8 Å². The summed E-state index contributed by atoms with van der Waals surface area (Å²) in [7, 11) is -1.77. The molecule has 1 fully saturated rings. The van der Waals surface area contributed by atoms with Crippen LogP contribution in [0.3, 0.4) is 0 Å². The topological polar surface area (TPSA) is 63.4 Å². The number of rotatable bonds is 3. The Morgan fingerprint density at radius 2 is 1.90 bits per heavy atom. The van der Waals surface area contributed by atoms with Crippen molar-refractivity contribution in [3.8, 4) is 0 Å². The number of nitrogens with two attached hydrogens (primary N) is 1. The molecule has 1 aliphatic rings. The van der Waals surface area contributed by atoms with E-state index in [1.54, 1.807) is 36.5 Å². The summed E-state index contributed by atoms with van der Waals surface area (Å²) in [6.07, 6.45) is 4.34. The molecule has 112 valence electrons. The average Bonchev–Trinajstić information content (AvgIpc) is 2.41. The van der Waals surface area contributed by atoms with Crippen LogP contribution in [0.2, 0.25) is 0 Å². The van der Waals surface area contributed by atoms with E-state index in [1.165, 1.54) is 6.42 Å². The van der Waals surface area contributed by atoms with Crippen LogP contribution in [-0.2, 0) is 10.0 Å². The molecule has 2 atom stereocenters. The molecule has 1 aliphatic carbocycles. The molecule has 5 heteroatoms. The number of hydrogen-bond donors (Lipinski definition) is 1. The molecule has 0 spiro atoms. The zero-order chi connectivity index (χ0) is 14.9. The van der Waals surface area contributed by atoms with Gasteiger partial charge in [-0.3, -0.25) is 0 Å². The number of nitrogen functional groups attached to an aromatic ring is 1. The summed E-state index contributed by atoms with van der Waals surface area (Å²) in [5.74, 6) is 0.407. The van der Waals surface area contributed by atoms with Gasteiger partial charge in [0.1, 0.15) is 0 Å². The lowest BCUT2D eigenvalue weighted by Crippen LogP contribution is -2.42. The van der Waals surface area contributed by atoms with Gasteiger partial charge in [-0.1, -0.05) is 25.8 Å². The lowest BCUT2D eigenvalue weighted by molar-refractivity contribution is 0.213. The molecule has 1 saturated carbocycles. The van der Waals surface area contributed by atoms with Crippen LogP contribution in [0.15, 0.2) is 23.1 Å². The second-order valence-corrected chi connectivity index (χ2v) is 7.79. The van der Waals surface area contributed by atoms with E-state index in [0.29, 0.717) is 22.1 Å². The van der Waals surface area contributed by atoms with E-state index < -0.39 is 10.0 Å². The molecule has 0 saturated heterocycles. The Bertz CT molecular complexity index is 584. The van der Waals surface area contributed by atoms with Gasteiger partial charge in [-0.05, 0) is 43.4 Å². The fourth-order valence-corrected chi connectivity index (χ4v) is 4.82. The molecule has 2 N–H and O–H groups in total. The fraction of sp³-hybridized carbons (Fsp3) is 0.600. The van der Waals surface area contributed by atoms with Crippen molar-refractivity contribution in [2.45, 2.75) is 50.5 Å². The summed E-state index contributed by atoms with van der Waals surface area (Å²) in [6, 6.07) is 5.17. The van der Waals surface area contributed by atoms with Gasteiger partial charge in [0.2, 0.25) is 10.0 Å². The minimum atomic E-state index is -3.47. The molecule has 0 aliphatic heterocycles. The van der Waals surface area contributed by atoms with Crippen LogP contribution < -0.4 is 5.73 Å². The van der Waals surface area contributed by atoms with Gasteiger partial charge in [0.25, 0.3) is 0 Å². The fourth-order valence-electron chi connectivity index (χ4n) is 3.08. The van der Waals surface area contributed by atoms with E-state index in [1.807, 2.05) is 0 Å². The van der Waals surface area contributed by atoms with Crippen LogP contribution in [0.1, 0.15) is 38.2 Å². The number of benzene rings is 1. The minimum absolute atomic E-state index is 0.0922. The standard InChI is InChI=1S/C15H24N2O2S/c1-11-7-4-5-9-14(11)17(3)20(18,19)15-10-6-8-13(16)12(15)2/h6,8,10-11,14H,4-5,7,9,16H2,1-3H3. The maximum Gasteiger partial charge on any atom is 0.243 e. The first-order valence-electron chi connectivity index (χ1n) is 7.19. The highest BCUT2D eigenvalue weighted by Gasteiger charge is 2.33. The molecule has 0 amide bonds. The first-order valence-corrected chi connectivity index (χ1v) is 8.63. The van der Waals surface area contributed by atoms with Gasteiger partial charge < -0.3 is 5.73 Å². The largest absolute Gasteiger partial charge is 0.398 e. The third kappa shape index (κ3) is 2.69. The second-order valence-electron chi connectivity index (χ2n) is 5.82. The summed E-state index contributed by atoms with van der Waals surface area (Å²) < 4.78 is 27.2. The van der Waals surface area contributed by atoms with Crippen LogP contribution >= 0.6 is 0 Å². The van der Waals surface area contributed by atoms with E-state index in [0.717, 1.165) is 19.3 Å². The van der Waals surface area contributed by atoms with Gasteiger partial charge in [-0.2, -0.15) is 4.31 Å². The summed E-state index contributed by atoms with van der Waals surface area (Å²) in [5, 5.41) is 0. The van der Waals surface area contributed by atoms with Crippen molar-refractivity contribution in [1.82, 2.24) is 4.31 Å². The molecule has 4 nitrogen and oxygen atoms in total. The van der Waals surface area contributed by atoms with Crippen LogP contribution in [0.5, 0.6) is 0 Å². The van der Waals surface area contributed by atoms with Crippen LogP contribution in [0.4, 0.5) is 5.69 Å². The predicted octanol–water partition coefficient (Wildman–Crippen LogP) is 2.78. The van der Waals surface area contributed by atoms with E-state index in [4.69, 9.17) is 5.73 Å². The highest BCUT2D eigenvalue weighted by molar-refractivity contribution is 7.89. The maximum atomic E-state index is 12.8. The van der Waals surface area contributed by atoms with Gasteiger partial charge >= 0.3 is 0 Å². The smallest absolute Gasteiger partial charge is 0.243 e. The second kappa shape index (κ2) is 5.74. The normalized spacial score (nSPS) is 24.0. The van der Waals surface area contributed by atoms with E-state index in [2.05, 4.69) is 6.92 Å². The van der Waals surface area contributed by atoms with Gasteiger partial charge in [-0.15, -0.1) is 0 Å². The summed E-state index contributed by atoms with van der Waals surface area (Å²) in [6.45, 7) is 3.91. The van der Waals surface area contributed by atoms with E-state index >= 15 is 0 Å². The quantitative estimate of drug-likeness (QED) is 0.872. The van der Waals surface area contributed by atoms with Crippen LogP contribution in [0.25, 0.3) is 0 Å². The number of hydrogen-bond acceptors (Lipinski definition) is 3. The van der Waals surface area contributed by atoms with Gasteiger partial charge in [0.15, 0.2) is 0 Å². The van der Waals surface area contributed by atoms with Crippen molar-refractivity contribution in [1.29, 1.82) is 0 Å². The van der Waals surface area contributed by atoms with Gasteiger partial charge in [0.05, 0.1) is 4.90 Å². The van der Waals surface area contributed by atoms with Crippen molar-refractivity contribution in [2.75, 3.05) is 12.8 Å². The van der Waals surface area contributed by atoms with E-state index in [9.17, 15) is 8.42 Å². The lowest BCUT2D eigenvalue weighted by atomic mass is 9.86. The summed E-state index contributed by atoms with van der Waals surface area (Å²) in [5.41, 5.74) is 7.01. The molecular weight excluding hydrogens is 272 g/mol. The lowest BCUT2D eigenvalue weighted by Gasteiger charge is -2.35. The SMILES string of the molecule is Cc1c(N)cccc1S(=O)(=O)N(C)C1CCCCC1C. The molecular formula is C15H24N2O2S. The van der Waals surface area contributed by atoms with Crippen molar-refractivity contribution < 1.29 is 8.42 Å². The molecule has 0 bridgehead atoms. The summed E-state index contributed by atoms with van der Waals surface area (Å²) in [4.78, 5) is 0.331. The molecule has 1 aromatic rings. The molecule has 0 aromatic heterocycles. The molecule has 0 radical (unpaired) electrons. The van der Waals surface area contributed by atoms with Crippen molar-refractivity contribution in [2.24, 2.45) is 5.92 Å². The monoisotopic (exact) mass is 296 g/mol. The van der Waals surface area contributed by atoms with Gasteiger partial charge in [-0.25, -0.2) is 8.42 Å². The maximum absolute atomic E-state index is 12.8. The Hall–Kier alpha value is -1.07. The van der Waals surface area contributed by atoms with Gasteiger partial charge in [0, 0.05) is 18.8 Å². The first kappa shape index (κ1) is 15.3. The number of sulfonamides is 1. The Morgan fingerprint density at radius 3 is 2.55 bits per heavy atom. The first-order chi connectivity index (χ1) is 9.35. The van der Waals surface area contributed by atoms with E-state index in [-0.39, 0.29) is 6.04 Å². The molecule has 2 rings (SSSR count). The molecule has 2 unspecified atom stereocenters. The molecule has 1 aromatic carbocycles. The zero-order valence-electron chi connectivity index (χ0n) is 12.5. The third-order valence-electron chi connectivity index (χ3n) is 4.52. The zero-order valence-corrected chi connectivity index (χ0v) is 13.3. The minimum Gasteiger partial charge on any atom is -0.398 e. The third-order valence-corrected chi connectivity index (χ3v) is 6.54.